The van der Waals surface area contributed by atoms with Crippen molar-refractivity contribution in [2.24, 2.45) is 0 Å². The van der Waals surface area contributed by atoms with E-state index in [1.165, 1.54) is 0 Å². The average molecular weight is 227 g/mol. The van der Waals surface area contributed by atoms with Gasteiger partial charge in [-0.05, 0) is 24.6 Å². The summed E-state index contributed by atoms with van der Waals surface area (Å²) in [6, 6.07) is 3.52. The highest BCUT2D eigenvalue weighted by molar-refractivity contribution is 6.30. The van der Waals surface area contributed by atoms with Gasteiger partial charge in [0.25, 0.3) is 0 Å². The molecule has 0 amide bonds. The summed E-state index contributed by atoms with van der Waals surface area (Å²) in [5, 5.41) is 0. The van der Waals surface area contributed by atoms with Crippen LogP contribution in [0.15, 0.2) is 12.1 Å². The Hall–Kier alpha value is -1.22. The molecule has 0 aliphatic carbocycles. The lowest BCUT2D eigenvalue weighted by Gasteiger charge is -2.19. The molecule has 0 spiro atoms. The van der Waals surface area contributed by atoms with Crippen LogP contribution in [0.1, 0.15) is 15.9 Å². The quantitative estimate of drug-likeness (QED) is 0.573. The van der Waals surface area contributed by atoms with Gasteiger partial charge in [-0.25, -0.2) is 0 Å². The van der Waals surface area contributed by atoms with Crippen LogP contribution >= 0.6 is 11.6 Å². The molecule has 0 radical (unpaired) electrons. The van der Waals surface area contributed by atoms with Crippen molar-refractivity contribution in [3.8, 4) is 11.5 Å². The third-order valence-corrected chi connectivity index (χ3v) is 2.55. The van der Waals surface area contributed by atoms with Crippen LogP contribution in [0.5, 0.6) is 11.5 Å². The van der Waals surface area contributed by atoms with Gasteiger partial charge in [0, 0.05) is 5.56 Å². The Labute approximate surface area is 92.9 Å². The van der Waals surface area contributed by atoms with Gasteiger partial charge in [0.1, 0.15) is 13.2 Å². The molecule has 0 atom stereocenters. The van der Waals surface area contributed by atoms with Crippen molar-refractivity contribution in [1.82, 2.24) is 0 Å². The monoisotopic (exact) mass is 226 g/mol. The normalized spacial score (nSPS) is 13.7. The molecule has 0 bridgehead atoms. The molecule has 0 N–H and O–H groups in total. The summed E-state index contributed by atoms with van der Waals surface area (Å²) in [4.78, 5) is 11.5. The molecule has 80 valence electrons. The first-order valence-corrected chi connectivity index (χ1v) is 5.25. The first-order valence-electron chi connectivity index (χ1n) is 4.72. The molecule has 0 aromatic heterocycles. The van der Waals surface area contributed by atoms with Crippen molar-refractivity contribution in [2.75, 3.05) is 19.1 Å². The van der Waals surface area contributed by atoms with E-state index < -0.39 is 0 Å². The molecule has 0 fully saturated rings. The number of ketones is 1. The maximum Gasteiger partial charge on any atom is 0.177 e. The van der Waals surface area contributed by atoms with Crippen LogP contribution in [0, 0.1) is 6.92 Å². The smallest absolute Gasteiger partial charge is 0.177 e. The number of rotatable bonds is 2. The summed E-state index contributed by atoms with van der Waals surface area (Å²) in [7, 11) is 0. The fourth-order valence-corrected chi connectivity index (χ4v) is 1.71. The molecule has 4 heteroatoms. The number of halogens is 1. The van der Waals surface area contributed by atoms with Gasteiger partial charge in [-0.3, -0.25) is 4.79 Å². The van der Waals surface area contributed by atoms with E-state index in [1.54, 1.807) is 6.07 Å². The number of fused-ring (bicyclic) bond motifs is 1. The Morgan fingerprint density at radius 3 is 2.53 bits per heavy atom. The molecule has 15 heavy (non-hydrogen) atoms. The summed E-state index contributed by atoms with van der Waals surface area (Å²) >= 11 is 5.52. The molecular formula is C11H11ClO3. The average Bonchev–Trinajstić information content (AvgIpc) is 2.27. The number of benzene rings is 1. The highest BCUT2D eigenvalue weighted by Gasteiger charge is 2.17. The standard InChI is InChI=1S/C11H11ClO3/c1-7-4-10-11(15-3-2-14-10)5-8(7)9(13)6-12/h4-5H,2-3,6H2,1H3. The van der Waals surface area contributed by atoms with E-state index >= 15 is 0 Å². The van der Waals surface area contributed by atoms with Crippen molar-refractivity contribution in [2.45, 2.75) is 6.92 Å². The van der Waals surface area contributed by atoms with Crippen molar-refractivity contribution >= 4 is 17.4 Å². The molecule has 1 aliphatic heterocycles. The number of carbonyl (C=O) groups is 1. The zero-order chi connectivity index (χ0) is 10.8. The SMILES string of the molecule is Cc1cc2c(cc1C(=O)CCl)OCCO2. The topological polar surface area (TPSA) is 35.5 Å². The second-order valence-corrected chi connectivity index (χ2v) is 3.63. The van der Waals surface area contributed by atoms with Crippen LogP contribution in [0.4, 0.5) is 0 Å². The Kier molecular flexibility index (Phi) is 2.82. The lowest BCUT2D eigenvalue weighted by atomic mass is 10.0. The summed E-state index contributed by atoms with van der Waals surface area (Å²) in [5.74, 6) is 1.22. The van der Waals surface area contributed by atoms with Crippen LogP contribution < -0.4 is 9.47 Å². The van der Waals surface area contributed by atoms with Gasteiger partial charge < -0.3 is 9.47 Å². The van der Waals surface area contributed by atoms with Crippen molar-refractivity contribution in [3.05, 3.63) is 23.3 Å². The van der Waals surface area contributed by atoms with Crippen LogP contribution in [0.3, 0.4) is 0 Å². The predicted octanol–water partition coefficient (Wildman–Crippen LogP) is 2.19. The zero-order valence-corrected chi connectivity index (χ0v) is 9.13. The lowest BCUT2D eigenvalue weighted by molar-refractivity contribution is 0.101. The molecule has 1 aromatic carbocycles. The Morgan fingerprint density at radius 2 is 1.93 bits per heavy atom. The molecular weight excluding hydrogens is 216 g/mol. The second-order valence-electron chi connectivity index (χ2n) is 3.37. The number of carbonyl (C=O) groups excluding carboxylic acids is 1. The number of Topliss-reactive ketones (excluding diaryl/α,β-unsaturated/α-hetero) is 1. The second kappa shape index (κ2) is 4.11. The van der Waals surface area contributed by atoms with Gasteiger partial charge >= 0.3 is 0 Å². The molecule has 3 nitrogen and oxygen atoms in total. The van der Waals surface area contributed by atoms with Gasteiger partial charge in [0.2, 0.25) is 0 Å². The number of hydrogen-bond acceptors (Lipinski definition) is 3. The van der Waals surface area contributed by atoms with E-state index in [4.69, 9.17) is 21.1 Å². The molecule has 1 aromatic rings. The van der Waals surface area contributed by atoms with Crippen molar-refractivity contribution < 1.29 is 14.3 Å². The van der Waals surface area contributed by atoms with Crippen LogP contribution in [0.2, 0.25) is 0 Å². The van der Waals surface area contributed by atoms with Crippen molar-refractivity contribution in [1.29, 1.82) is 0 Å². The largest absolute Gasteiger partial charge is 0.486 e. The summed E-state index contributed by atoms with van der Waals surface area (Å²) in [6.07, 6.45) is 0. The summed E-state index contributed by atoms with van der Waals surface area (Å²) in [6.45, 7) is 2.93. The Balaban J connectivity index is 2.44. The van der Waals surface area contributed by atoms with E-state index in [1.807, 2.05) is 13.0 Å². The van der Waals surface area contributed by atoms with Gasteiger partial charge in [-0.2, -0.15) is 0 Å². The highest BCUT2D eigenvalue weighted by atomic mass is 35.5. The lowest BCUT2D eigenvalue weighted by Crippen LogP contribution is -2.16. The predicted molar refractivity (Wildman–Crippen MR) is 57.2 cm³/mol. The van der Waals surface area contributed by atoms with E-state index in [9.17, 15) is 4.79 Å². The van der Waals surface area contributed by atoms with Crippen molar-refractivity contribution in [3.63, 3.8) is 0 Å². The molecule has 2 rings (SSSR count). The third-order valence-electron chi connectivity index (χ3n) is 2.31. The van der Waals surface area contributed by atoms with E-state index in [0.717, 1.165) is 5.56 Å². The molecule has 1 aliphatic rings. The fraction of sp³-hybridized carbons (Fsp3) is 0.364. The van der Waals surface area contributed by atoms with Gasteiger partial charge in [-0.15, -0.1) is 11.6 Å². The highest BCUT2D eigenvalue weighted by Crippen LogP contribution is 2.33. The number of alkyl halides is 1. The van der Waals surface area contributed by atoms with Gasteiger partial charge in [-0.1, -0.05) is 0 Å². The first-order chi connectivity index (χ1) is 7.22. The minimum atomic E-state index is -0.0915. The van der Waals surface area contributed by atoms with E-state index in [-0.39, 0.29) is 11.7 Å². The molecule has 0 saturated heterocycles. The maximum absolute atomic E-state index is 11.5. The Morgan fingerprint density at radius 1 is 1.33 bits per heavy atom. The van der Waals surface area contributed by atoms with Crippen LogP contribution in [-0.2, 0) is 0 Å². The van der Waals surface area contributed by atoms with Crippen LogP contribution in [-0.4, -0.2) is 24.9 Å². The first kappa shape index (κ1) is 10.3. The third kappa shape index (κ3) is 1.92. The molecule has 0 saturated carbocycles. The zero-order valence-electron chi connectivity index (χ0n) is 8.38. The number of hydrogen-bond donors (Lipinski definition) is 0. The van der Waals surface area contributed by atoms with Gasteiger partial charge in [0.05, 0.1) is 5.88 Å². The van der Waals surface area contributed by atoms with E-state index in [2.05, 4.69) is 0 Å². The number of aryl methyl sites for hydroxylation is 1. The van der Waals surface area contributed by atoms with Gasteiger partial charge in [0.15, 0.2) is 17.3 Å². The minimum absolute atomic E-state index is 0.0134. The minimum Gasteiger partial charge on any atom is -0.486 e. The van der Waals surface area contributed by atoms with Crippen LogP contribution in [0.25, 0.3) is 0 Å². The molecule has 0 unspecified atom stereocenters. The molecule has 1 heterocycles. The Bertz CT molecular complexity index is 401. The van der Waals surface area contributed by atoms with E-state index in [0.29, 0.717) is 30.3 Å². The number of ether oxygens (including phenoxy) is 2. The fourth-order valence-electron chi connectivity index (χ4n) is 1.56. The summed E-state index contributed by atoms with van der Waals surface area (Å²) < 4.78 is 10.8. The summed E-state index contributed by atoms with van der Waals surface area (Å²) in [5.41, 5.74) is 1.47. The maximum atomic E-state index is 11.5.